The first-order valence-electron chi connectivity index (χ1n) is 4.67. The smallest absolute Gasteiger partial charge is 0.256 e. The Kier molecular flexibility index (Phi) is 3.49. The molecule has 0 saturated carbocycles. The second-order valence-electron chi connectivity index (χ2n) is 3.24. The Balaban J connectivity index is 1.97. The maximum absolute atomic E-state index is 10.9. The zero-order chi connectivity index (χ0) is 10.7. The van der Waals surface area contributed by atoms with Crippen LogP contribution in [0.15, 0.2) is 34.2 Å². The summed E-state index contributed by atoms with van der Waals surface area (Å²) in [6.45, 7) is 2.09. The summed E-state index contributed by atoms with van der Waals surface area (Å²) in [4.78, 5) is 16.1. The van der Waals surface area contributed by atoms with Crippen LogP contribution in [0.3, 0.4) is 0 Å². The molecule has 0 spiro atoms. The van der Waals surface area contributed by atoms with E-state index in [2.05, 4.69) is 24.0 Å². The molecule has 4 heteroatoms. The highest BCUT2D eigenvalue weighted by molar-refractivity contribution is 8.17. The van der Waals surface area contributed by atoms with Gasteiger partial charge in [0.2, 0.25) is 0 Å². The molecule has 0 aromatic heterocycles. The number of hydrogen-bond donors (Lipinski definition) is 0. The lowest BCUT2D eigenvalue weighted by Gasteiger charge is -2.03. The third kappa shape index (κ3) is 2.86. The number of carbonyl (C=O) groups excluding carboxylic acids is 1. The van der Waals surface area contributed by atoms with Crippen molar-refractivity contribution in [3.05, 3.63) is 29.8 Å². The van der Waals surface area contributed by atoms with Gasteiger partial charge in [0.25, 0.3) is 5.91 Å². The van der Waals surface area contributed by atoms with E-state index in [4.69, 9.17) is 0 Å². The molecule has 1 aliphatic rings. The van der Waals surface area contributed by atoms with Gasteiger partial charge in [-0.05, 0) is 18.6 Å². The van der Waals surface area contributed by atoms with Gasteiger partial charge in [0.15, 0.2) is 0 Å². The summed E-state index contributed by atoms with van der Waals surface area (Å²) in [5, 5.41) is 0.952. The molecule has 0 atom stereocenters. The van der Waals surface area contributed by atoms with Crippen molar-refractivity contribution in [2.75, 3.05) is 11.5 Å². The Hall–Kier alpha value is -0.740. The predicted octanol–water partition coefficient (Wildman–Crippen LogP) is 2.76. The van der Waals surface area contributed by atoms with Crippen LogP contribution in [-0.4, -0.2) is 22.5 Å². The molecule has 1 aromatic rings. The molecule has 0 radical (unpaired) electrons. The number of aliphatic imine (C=N–C) groups is 1. The average molecular weight is 237 g/mol. The van der Waals surface area contributed by atoms with E-state index in [-0.39, 0.29) is 5.91 Å². The lowest BCUT2D eigenvalue weighted by molar-refractivity contribution is -0.115. The third-order valence-electron chi connectivity index (χ3n) is 2.06. The van der Waals surface area contributed by atoms with E-state index in [1.807, 2.05) is 12.1 Å². The minimum atomic E-state index is 0.000355. The van der Waals surface area contributed by atoms with E-state index in [1.54, 1.807) is 23.5 Å². The number of hydrogen-bond acceptors (Lipinski definition) is 3. The van der Waals surface area contributed by atoms with Crippen LogP contribution in [0, 0.1) is 6.92 Å². The molecule has 0 saturated heterocycles. The van der Waals surface area contributed by atoms with E-state index in [1.165, 1.54) is 10.5 Å². The molecular weight excluding hydrogens is 226 g/mol. The van der Waals surface area contributed by atoms with Gasteiger partial charge in [-0.25, -0.2) is 4.99 Å². The SMILES string of the molecule is Cc1ccccc1SCC1=NC(=O)CS1. The Morgan fingerprint density at radius 1 is 1.47 bits per heavy atom. The Morgan fingerprint density at radius 2 is 2.27 bits per heavy atom. The first-order chi connectivity index (χ1) is 7.25. The van der Waals surface area contributed by atoms with E-state index >= 15 is 0 Å². The average Bonchev–Trinajstić information content (AvgIpc) is 2.63. The number of nitrogens with zero attached hydrogens (tertiary/aromatic N) is 1. The molecule has 78 valence electrons. The zero-order valence-electron chi connectivity index (χ0n) is 8.40. The summed E-state index contributed by atoms with van der Waals surface area (Å²) >= 11 is 3.30. The van der Waals surface area contributed by atoms with Crippen LogP contribution in [0.4, 0.5) is 0 Å². The first kappa shape index (κ1) is 10.8. The molecule has 1 aromatic carbocycles. The van der Waals surface area contributed by atoms with Crippen molar-refractivity contribution in [3.8, 4) is 0 Å². The van der Waals surface area contributed by atoms with Gasteiger partial charge in [-0.3, -0.25) is 4.79 Å². The fourth-order valence-corrected chi connectivity index (χ4v) is 3.13. The van der Waals surface area contributed by atoms with Gasteiger partial charge < -0.3 is 0 Å². The molecular formula is C11H11NOS2. The Morgan fingerprint density at radius 3 is 2.93 bits per heavy atom. The molecule has 0 aliphatic carbocycles. The van der Waals surface area contributed by atoms with Gasteiger partial charge in [-0.15, -0.1) is 11.8 Å². The van der Waals surface area contributed by atoms with Gasteiger partial charge in [0, 0.05) is 10.6 Å². The lowest BCUT2D eigenvalue weighted by Crippen LogP contribution is -1.92. The van der Waals surface area contributed by atoms with Crippen molar-refractivity contribution in [3.63, 3.8) is 0 Å². The second-order valence-corrected chi connectivity index (χ2v) is 5.31. The highest BCUT2D eigenvalue weighted by atomic mass is 32.2. The van der Waals surface area contributed by atoms with Crippen molar-refractivity contribution in [1.29, 1.82) is 0 Å². The summed E-state index contributed by atoms with van der Waals surface area (Å²) in [5.74, 6) is 1.32. The fourth-order valence-electron chi connectivity index (χ4n) is 1.28. The number of rotatable bonds is 3. The van der Waals surface area contributed by atoms with Gasteiger partial charge in [-0.1, -0.05) is 30.0 Å². The van der Waals surface area contributed by atoms with Crippen LogP contribution in [0.25, 0.3) is 0 Å². The van der Waals surface area contributed by atoms with Crippen LogP contribution < -0.4 is 0 Å². The zero-order valence-corrected chi connectivity index (χ0v) is 10.0. The quantitative estimate of drug-likeness (QED) is 0.757. The number of carbonyl (C=O) groups is 1. The molecule has 0 unspecified atom stereocenters. The summed E-state index contributed by atoms with van der Waals surface area (Å²) in [7, 11) is 0. The summed E-state index contributed by atoms with van der Waals surface area (Å²) in [5.41, 5.74) is 1.28. The highest BCUT2D eigenvalue weighted by Crippen LogP contribution is 2.25. The molecule has 2 nitrogen and oxygen atoms in total. The number of amides is 1. The molecule has 1 amide bonds. The van der Waals surface area contributed by atoms with Crippen LogP contribution >= 0.6 is 23.5 Å². The van der Waals surface area contributed by atoms with Gasteiger partial charge in [-0.2, -0.15) is 0 Å². The molecule has 1 aliphatic heterocycles. The van der Waals surface area contributed by atoms with Crippen molar-refractivity contribution in [1.82, 2.24) is 0 Å². The topological polar surface area (TPSA) is 29.4 Å². The van der Waals surface area contributed by atoms with E-state index in [0.717, 1.165) is 10.8 Å². The molecule has 1 heterocycles. The molecule has 0 bridgehead atoms. The largest absolute Gasteiger partial charge is 0.272 e. The summed E-state index contributed by atoms with van der Waals surface area (Å²) in [6.07, 6.45) is 0. The Bertz CT molecular complexity index is 415. The molecule has 15 heavy (non-hydrogen) atoms. The Labute approximate surface area is 97.6 Å². The highest BCUT2D eigenvalue weighted by Gasteiger charge is 2.14. The van der Waals surface area contributed by atoms with Gasteiger partial charge >= 0.3 is 0 Å². The van der Waals surface area contributed by atoms with Crippen LogP contribution in [0.1, 0.15) is 5.56 Å². The van der Waals surface area contributed by atoms with E-state index < -0.39 is 0 Å². The maximum Gasteiger partial charge on any atom is 0.256 e. The monoisotopic (exact) mass is 237 g/mol. The normalized spacial score (nSPS) is 15.5. The maximum atomic E-state index is 10.9. The summed E-state index contributed by atoms with van der Waals surface area (Å²) < 4.78 is 0. The summed E-state index contributed by atoms with van der Waals surface area (Å²) in [6, 6.07) is 8.26. The van der Waals surface area contributed by atoms with Crippen molar-refractivity contribution in [2.24, 2.45) is 4.99 Å². The van der Waals surface area contributed by atoms with Crippen LogP contribution in [0.5, 0.6) is 0 Å². The van der Waals surface area contributed by atoms with Crippen LogP contribution in [-0.2, 0) is 4.79 Å². The van der Waals surface area contributed by atoms with E-state index in [0.29, 0.717) is 5.75 Å². The van der Waals surface area contributed by atoms with E-state index in [9.17, 15) is 4.79 Å². The number of benzene rings is 1. The number of thioether (sulfide) groups is 2. The van der Waals surface area contributed by atoms with Crippen molar-refractivity contribution in [2.45, 2.75) is 11.8 Å². The molecule has 0 fully saturated rings. The first-order valence-corrected chi connectivity index (χ1v) is 6.64. The molecule has 0 N–H and O–H groups in total. The third-order valence-corrected chi connectivity index (χ3v) is 4.39. The molecule has 2 rings (SSSR count). The van der Waals surface area contributed by atoms with Crippen molar-refractivity contribution >= 4 is 34.5 Å². The minimum Gasteiger partial charge on any atom is -0.272 e. The fraction of sp³-hybridized carbons (Fsp3) is 0.273. The van der Waals surface area contributed by atoms with Gasteiger partial charge in [0.05, 0.1) is 10.8 Å². The second kappa shape index (κ2) is 4.86. The standard InChI is InChI=1S/C11H11NOS2/c1-8-4-2-3-5-9(8)14-7-11-12-10(13)6-15-11/h2-5H,6-7H2,1H3. The van der Waals surface area contributed by atoms with Crippen molar-refractivity contribution < 1.29 is 4.79 Å². The van der Waals surface area contributed by atoms with Crippen LogP contribution in [0.2, 0.25) is 0 Å². The minimum absolute atomic E-state index is 0.000355. The number of aryl methyl sites for hydroxylation is 1. The predicted molar refractivity (Wildman–Crippen MR) is 66.8 cm³/mol. The van der Waals surface area contributed by atoms with Gasteiger partial charge in [0.1, 0.15) is 0 Å². The lowest BCUT2D eigenvalue weighted by atomic mass is 10.2.